The van der Waals surface area contributed by atoms with Crippen molar-refractivity contribution >= 4 is 22.4 Å². The molecule has 0 aliphatic rings. The van der Waals surface area contributed by atoms with Crippen LogP contribution in [0.15, 0.2) is 95.8 Å². The molecular weight excluding hydrogens is 376 g/mol. The third-order valence-corrected chi connectivity index (χ3v) is 4.80. The second-order valence-electron chi connectivity index (χ2n) is 6.69. The Morgan fingerprint density at radius 1 is 0.833 bits per heavy atom. The van der Waals surface area contributed by atoms with Crippen molar-refractivity contribution in [2.45, 2.75) is 0 Å². The topological polar surface area (TPSA) is 80.9 Å². The second-order valence-corrected chi connectivity index (χ2v) is 6.69. The summed E-state index contributed by atoms with van der Waals surface area (Å²) >= 11 is 0. The van der Waals surface area contributed by atoms with E-state index < -0.39 is 0 Å². The van der Waals surface area contributed by atoms with Crippen molar-refractivity contribution in [2.24, 2.45) is 0 Å². The minimum absolute atomic E-state index is 0.201. The minimum atomic E-state index is -0.201. The summed E-state index contributed by atoms with van der Waals surface area (Å²) in [5, 5.41) is 8.95. The highest BCUT2D eigenvalue weighted by Crippen LogP contribution is 2.29. The molecule has 0 aliphatic heterocycles. The Balaban J connectivity index is 1.49. The number of fused-ring (bicyclic) bond motifs is 1. The van der Waals surface area contributed by atoms with Crippen molar-refractivity contribution in [3.05, 3.63) is 96.8 Å². The quantitative estimate of drug-likeness (QED) is 0.454. The number of benzene rings is 3. The molecular formula is C24H16N4O2. The van der Waals surface area contributed by atoms with Crippen LogP contribution in [0.5, 0.6) is 0 Å². The van der Waals surface area contributed by atoms with Crippen molar-refractivity contribution < 1.29 is 9.32 Å². The molecule has 1 amide bonds. The zero-order valence-electron chi connectivity index (χ0n) is 15.8. The summed E-state index contributed by atoms with van der Waals surface area (Å²) in [6.07, 6.45) is 3.34. The molecule has 2 heterocycles. The van der Waals surface area contributed by atoms with E-state index in [1.807, 2.05) is 78.9 Å². The molecule has 0 unspecified atom stereocenters. The Hall–Kier alpha value is -4.32. The number of hydrogen-bond acceptors (Lipinski definition) is 5. The first-order chi connectivity index (χ1) is 14.8. The predicted octanol–water partition coefficient (Wildman–Crippen LogP) is 5.20. The van der Waals surface area contributed by atoms with E-state index in [9.17, 15) is 4.79 Å². The van der Waals surface area contributed by atoms with Gasteiger partial charge in [-0.2, -0.15) is 4.98 Å². The van der Waals surface area contributed by atoms with Crippen molar-refractivity contribution in [2.75, 3.05) is 5.32 Å². The van der Waals surface area contributed by atoms with Gasteiger partial charge in [0.1, 0.15) is 0 Å². The Labute approximate surface area is 172 Å². The van der Waals surface area contributed by atoms with E-state index in [1.54, 1.807) is 12.4 Å². The number of aromatic nitrogens is 3. The number of hydrogen-bond donors (Lipinski definition) is 1. The summed E-state index contributed by atoms with van der Waals surface area (Å²) in [6, 6.07) is 24.5. The molecule has 0 atom stereocenters. The predicted molar refractivity (Wildman–Crippen MR) is 115 cm³/mol. The maximum absolute atomic E-state index is 13.1. The maximum atomic E-state index is 13.1. The molecule has 1 N–H and O–H groups in total. The third-order valence-electron chi connectivity index (χ3n) is 4.80. The van der Waals surface area contributed by atoms with E-state index in [4.69, 9.17) is 4.52 Å². The molecule has 6 heteroatoms. The molecule has 6 nitrogen and oxygen atoms in total. The molecule has 3 aromatic carbocycles. The molecule has 0 saturated heterocycles. The monoisotopic (exact) mass is 392 g/mol. The highest BCUT2D eigenvalue weighted by Gasteiger charge is 2.17. The van der Waals surface area contributed by atoms with Gasteiger partial charge in [0, 0.05) is 23.5 Å². The van der Waals surface area contributed by atoms with Gasteiger partial charge in [0.05, 0.1) is 11.3 Å². The summed E-state index contributed by atoms with van der Waals surface area (Å²) in [7, 11) is 0. The largest absolute Gasteiger partial charge is 0.334 e. The van der Waals surface area contributed by atoms with E-state index in [0.29, 0.717) is 28.5 Å². The normalized spacial score (nSPS) is 10.8. The molecule has 5 aromatic rings. The minimum Gasteiger partial charge on any atom is -0.334 e. The number of amides is 1. The van der Waals surface area contributed by atoms with Gasteiger partial charge in [0.25, 0.3) is 11.8 Å². The van der Waals surface area contributed by atoms with E-state index in [0.717, 1.165) is 16.3 Å². The lowest BCUT2D eigenvalue weighted by molar-refractivity contribution is 0.102. The van der Waals surface area contributed by atoms with Crippen molar-refractivity contribution in [1.29, 1.82) is 0 Å². The SMILES string of the molecule is O=C(Nc1ccccc1-c1nc(-c2ccncc2)no1)c1cccc2ccccc12. The van der Waals surface area contributed by atoms with Crippen molar-refractivity contribution in [3.63, 3.8) is 0 Å². The fourth-order valence-electron chi connectivity index (χ4n) is 3.34. The zero-order valence-corrected chi connectivity index (χ0v) is 15.8. The number of nitrogens with zero attached hydrogens (tertiary/aromatic N) is 3. The summed E-state index contributed by atoms with van der Waals surface area (Å²) in [6.45, 7) is 0. The van der Waals surface area contributed by atoms with Gasteiger partial charge in [0.15, 0.2) is 0 Å². The Kier molecular flexibility index (Phi) is 4.50. The second kappa shape index (κ2) is 7.60. The van der Waals surface area contributed by atoms with Crippen LogP contribution in [0.2, 0.25) is 0 Å². The van der Waals surface area contributed by atoms with Gasteiger partial charge < -0.3 is 9.84 Å². The van der Waals surface area contributed by atoms with Gasteiger partial charge in [-0.1, -0.05) is 53.7 Å². The number of rotatable bonds is 4. The number of nitrogens with one attached hydrogen (secondary N) is 1. The average Bonchev–Trinajstić information content (AvgIpc) is 3.30. The average molecular weight is 392 g/mol. The van der Waals surface area contributed by atoms with Crippen LogP contribution < -0.4 is 5.32 Å². The molecule has 0 spiro atoms. The number of para-hydroxylation sites is 1. The maximum Gasteiger partial charge on any atom is 0.260 e. The highest BCUT2D eigenvalue weighted by atomic mass is 16.5. The molecule has 0 aliphatic carbocycles. The van der Waals surface area contributed by atoms with Crippen LogP contribution in [0.4, 0.5) is 5.69 Å². The van der Waals surface area contributed by atoms with Gasteiger partial charge >= 0.3 is 0 Å². The molecule has 2 aromatic heterocycles. The smallest absolute Gasteiger partial charge is 0.260 e. The molecule has 0 bridgehead atoms. The highest BCUT2D eigenvalue weighted by molar-refractivity contribution is 6.13. The molecule has 0 saturated carbocycles. The van der Waals surface area contributed by atoms with E-state index in [1.165, 1.54) is 0 Å². The van der Waals surface area contributed by atoms with Crippen LogP contribution in [0.3, 0.4) is 0 Å². The summed E-state index contributed by atoms with van der Waals surface area (Å²) in [5.41, 5.74) is 2.66. The van der Waals surface area contributed by atoms with Gasteiger partial charge in [0.2, 0.25) is 5.82 Å². The Morgan fingerprint density at radius 2 is 1.60 bits per heavy atom. The van der Waals surface area contributed by atoms with Crippen LogP contribution in [0.25, 0.3) is 33.6 Å². The fourth-order valence-corrected chi connectivity index (χ4v) is 3.34. The van der Waals surface area contributed by atoms with Crippen LogP contribution >= 0.6 is 0 Å². The lowest BCUT2D eigenvalue weighted by atomic mass is 10.0. The van der Waals surface area contributed by atoms with E-state index >= 15 is 0 Å². The van der Waals surface area contributed by atoms with Gasteiger partial charge in [-0.05, 0) is 41.1 Å². The van der Waals surface area contributed by atoms with Crippen LogP contribution in [-0.4, -0.2) is 21.0 Å². The van der Waals surface area contributed by atoms with Gasteiger partial charge in [-0.3, -0.25) is 9.78 Å². The first-order valence-corrected chi connectivity index (χ1v) is 9.42. The number of pyridine rings is 1. The summed E-state index contributed by atoms with van der Waals surface area (Å²) in [5.74, 6) is 0.589. The van der Waals surface area contributed by atoms with E-state index in [2.05, 4.69) is 20.4 Å². The first kappa shape index (κ1) is 17.8. The molecule has 0 radical (unpaired) electrons. The first-order valence-electron chi connectivity index (χ1n) is 9.42. The molecule has 30 heavy (non-hydrogen) atoms. The lowest BCUT2D eigenvalue weighted by Gasteiger charge is -2.10. The van der Waals surface area contributed by atoms with Gasteiger partial charge in [-0.15, -0.1) is 0 Å². The van der Waals surface area contributed by atoms with Crippen LogP contribution in [0.1, 0.15) is 10.4 Å². The Morgan fingerprint density at radius 3 is 2.50 bits per heavy atom. The number of anilines is 1. The van der Waals surface area contributed by atoms with Crippen molar-refractivity contribution in [3.8, 4) is 22.8 Å². The number of carbonyl (C=O) groups is 1. The zero-order chi connectivity index (χ0) is 20.3. The third kappa shape index (κ3) is 3.31. The van der Waals surface area contributed by atoms with Crippen LogP contribution in [-0.2, 0) is 0 Å². The van der Waals surface area contributed by atoms with Crippen molar-refractivity contribution in [1.82, 2.24) is 15.1 Å². The summed E-state index contributed by atoms with van der Waals surface area (Å²) < 4.78 is 5.47. The fraction of sp³-hybridized carbons (Fsp3) is 0. The lowest BCUT2D eigenvalue weighted by Crippen LogP contribution is -2.13. The Bertz CT molecular complexity index is 1340. The number of carbonyl (C=O) groups excluding carboxylic acids is 1. The van der Waals surface area contributed by atoms with Crippen LogP contribution in [0, 0.1) is 0 Å². The molecule has 144 valence electrons. The molecule has 5 rings (SSSR count). The summed E-state index contributed by atoms with van der Waals surface area (Å²) in [4.78, 5) is 21.5. The van der Waals surface area contributed by atoms with Gasteiger partial charge in [-0.25, -0.2) is 0 Å². The standard InChI is InChI=1S/C24H16N4O2/c29-23(19-10-5-7-16-6-1-2-8-18(16)19)26-21-11-4-3-9-20(21)24-27-22(28-30-24)17-12-14-25-15-13-17/h1-15H,(H,26,29). The molecule has 0 fully saturated rings. The van der Waals surface area contributed by atoms with E-state index in [-0.39, 0.29) is 5.91 Å².